The first kappa shape index (κ1) is 24.5. The first-order valence-electron chi connectivity index (χ1n) is 8.25. The van der Waals surface area contributed by atoms with Crippen LogP contribution in [-0.2, 0) is 16.4 Å². The van der Waals surface area contributed by atoms with Crippen LogP contribution in [0.3, 0.4) is 0 Å². The normalized spacial score (nSPS) is 12.1. The molecule has 0 spiro atoms. The topological polar surface area (TPSA) is 86.7 Å². The number of thiazole rings is 1. The van der Waals surface area contributed by atoms with Gasteiger partial charge in [-0.25, -0.2) is 17.7 Å². The standard InChI is InChI=1S/C15H29N5O2S2.HI/c1-5-16-15(18-10-8-14-12-23-13(3)19-14)17-9-7-11-20(6-2)24(4,21)22;/h12H,5-11H2,1-4H3,(H2,16,17,18);1H. The molecule has 0 aliphatic carbocycles. The maximum Gasteiger partial charge on any atom is 0.211 e. The maximum atomic E-state index is 11.5. The number of aromatic nitrogens is 1. The summed E-state index contributed by atoms with van der Waals surface area (Å²) in [6.07, 6.45) is 2.79. The van der Waals surface area contributed by atoms with Gasteiger partial charge in [0, 0.05) is 44.5 Å². The zero-order valence-corrected chi connectivity index (χ0v) is 19.4. The van der Waals surface area contributed by atoms with E-state index in [1.807, 2.05) is 20.8 Å². The van der Waals surface area contributed by atoms with Gasteiger partial charge in [-0.1, -0.05) is 6.92 Å². The summed E-state index contributed by atoms with van der Waals surface area (Å²) in [6.45, 7) is 8.98. The van der Waals surface area contributed by atoms with Crippen LogP contribution in [0.2, 0.25) is 0 Å². The molecule has 0 radical (unpaired) electrons. The van der Waals surface area contributed by atoms with Gasteiger partial charge in [-0.15, -0.1) is 35.3 Å². The van der Waals surface area contributed by atoms with E-state index < -0.39 is 10.0 Å². The third-order valence-corrected chi connectivity index (χ3v) is 5.54. The molecule has 0 aliphatic heterocycles. The summed E-state index contributed by atoms with van der Waals surface area (Å²) in [7, 11) is -3.12. The SMILES string of the molecule is CCNC(=NCCCN(CC)S(C)(=O)=O)NCCc1csc(C)n1.I. The van der Waals surface area contributed by atoms with E-state index in [1.54, 1.807) is 11.3 Å². The minimum absolute atomic E-state index is 0. The lowest BCUT2D eigenvalue weighted by Crippen LogP contribution is -2.38. The van der Waals surface area contributed by atoms with E-state index in [4.69, 9.17) is 0 Å². The van der Waals surface area contributed by atoms with Crippen LogP contribution in [0.5, 0.6) is 0 Å². The minimum Gasteiger partial charge on any atom is -0.357 e. The molecule has 0 aromatic carbocycles. The second kappa shape index (κ2) is 12.8. The molecule has 0 amide bonds. The number of aliphatic imine (C=N–C) groups is 1. The predicted octanol–water partition coefficient (Wildman–Crippen LogP) is 1.84. The van der Waals surface area contributed by atoms with Crippen LogP contribution in [0.4, 0.5) is 0 Å². The fourth-order valence-electron chi connectivity index (χ4n) is 2.17. The molecule has 146 valence electrons. The minimum atomic E-state index is -3.12. The van der Waals surface area contributed by atoms with Crippen molar-refractivity contribution in [3.05, 3.63) is 16.1 Å². The number of rotatable bonds is 10. The lowest BCUT2D eigenvalue weighted by molar-refractivity contribution is 0.427. The van der Waals surface area contributed by atoms with Crippen molar-refractivity contribution in [3.8, 4) is 0 Å². The second-order valence-electron chi connectivity index (χ2n) is 5.40. The van der Waals surface area contributed by atoms with Crippen molar-refractivity contribution in [3.63, 3.8) is 0 Å². The van der Waals surface area contributed by atoms with Gasteiger partial charge >= 0.3 is 0 Å². The van der Waals surface area contributed by atoms with E-state index in [2.05, 4.69) is 26.0 Å². The van der Waals surface area contributed by atoms with Crippen molar-refractivity contribution in [2.24, 2.45) is 4.99 Å². The molecule has 2 N–H and O–H groups in total. The van der Waals surface area contributed by atoms with Gasteiger partial charge in [-0.2, -0.15) is 0 Å². The molecule has 0 saturated carbocycles. The van der Waals surface area contributed by atoms with Gasteiger partial charge in [0.05, 0.1) is 17.0 Å². The van der Waals surface area contributed by atoms with Gasteiger partial charge < -0.3 is 10.6 Å². The molecule has 1 aromatic rings. The zero-order valence-electron chi connectivity index (χ0n) is 15.4. The molecule has 0 saturated heterocycles. The van der Waals surface area contributed by atoms with E-state index in [-0.39, 0.29) is 24.0 Å². The molecule has 0 atom stereocenters. The van der Waals surface area contributed by atoms with Crippen LogP contribution in [0.25, 0.3) is 0 Å². The number of hydrogen-bond donors (Lipinski definition) is 2. The van der Waals surface area contributed by atoms with Crippen LogP contribution in [0.15, 0.2) is 10.4 Å². The maximum absolute atomic E-state index is 11.5. The molecule has 1 aromatic heterocycles. The average Bonchev–Trinajstić information content (AvgIpc) is 2.91. The Hall–Kier alpha value is -0.460. The molecular weight excluding hydrogens is 473 g/mol. The summed E-state index contributed by atoms with van der Waals surface area (Å²) in [4.78, 5) is 8.93. The van der Waals surface area contributed by atoms with Gasteiger partial charge in [0.2, 0.25) is 10.0 Å². The van der Waals surface area contributed by atoms with Crippen LogP contribution >= 0.6 is 35.3 Å². The second-order valence-corrected chi connectivity index (χ2v) is 8.45. The molecule has 10 heteroatoms. The molecule has 0 bridgehead atoms. The summed E-state index contributed by atoms with van der Waals surface area (Å²) < 4.78 is 24.5. The van der Waals surface area contributed by atoms with Crippen molar-refractivity contribution in [1.29, 1.82) is 0 Å². The summed E-state index contributed by atoms with van der Waals surface area (Å²) in [6, 6.07) is 0. The molecule has 0 aliphatic rings. The molecule has 25 heavy (non-hydrogen) atoms. The van der Waals surface area contributed by atoms with Crippen LogP contribution in [0, 0.1) is 6.92 Å². The predicted molar refractivity (Wildman–Crippen MR) is 117 cm³/mol. The third-order valence-electron chi connectivity index (χ3n) is 3.34. The Labute approximate surface area is 172 Å². The summed E-state index contributed by atoms with van der Waals surface area (Å²) in [5.74, 6) is 0.756. The molecule has 0 unspecified atom stereocenters. The smallest absolute Gasteiger partial charge is 0.211 e. The Kier molecular flexibility index (Phi) is 12.6. The first-order chi connectivity index (χ1) is 11.4. The van der Waals surface area contributed by atoms with Crippen LogP contribution in [0.1, 0.15) is 31.0 Å². The number of aryl methyl sites for hydroxylation is 1. The lowest BCUT2D eigenvalue weighted by atomic mass is 10.3. The van der Waals surface area contributed by atoms with E-state index in [0.29, 0.717) is 26.1 Å². The van der Waals surface area contributed by atoms with Crippen molar-refractivity contribution in [2.45, 2.75) is 33.6 Å². The number of nitrogens with one attached hydrogen (secondary N) is 2. The Morgan fingerprint density at radius 1 is 1.36 bits per heavy atom. The summed E-state index contributed by atoms with van der Waals surface area (Å²) in [5.41, 5.74) is 1.09. The van der Waals surface area contributed by atoms with E-state index in [1.165, 1.54) is 10.6 Å². The molecular formula is C15H30IN5O2S2. The van der Waals surface area contributed by atoms with E-state index in [0.717, 1.165) is 36.2 Å². The van der Waals surface area contributed by atoms with Gasteiger partial charge in [-0.3, -0.25) is 4.99 Å². The largest absolute Gasteiger partial charge is 0.357 e. The van der Waals surface area contributed by atoms with Crippen molar-refractivity contribution in [2.75, 3.05) is 39.0 Å². The fourth-order valence-corrected chi connectivity index (χ4v) is 3.75. The van der Waals surface area contributed by atoms with E-state index >= 15 is 0 Å². The lowest BCUT2D eigenvalue weighted by Gasteiger charge is -2.17. The molecule has 0 fully saturated rings. The third kappa shape index (κ3) is 10.3. The number of guanidine groups is 1. The molecule has 1 rings (SSSR count). The van der Waals surface area contributed by atoms with Crippen molar-refractivity contribution >= 4 is 51.3 Å². The quantitative estimate of drug-likeness (QED) is 0.220. The Bertz CT molecular complexity index is 619. The van der Waals surface area contributed by atoms with Crippen molar-refractivity contribution in [1.82, 2.24) is 19.9 Å². The number of sulfonamides is 1. The number of halogens is 1. The van der Waals surface area contributed by atoms with Gasteiger partial charge in [-0.05, 0) is 20.3 Å². The Morgan fingerprint density at radius 3 is 2.60 bits per heavy atom. The number of hydrogen-bond acceptors (Lipinski definition) is 5. The Morgan fingerprint density at radius 2 is 2.08 bits per heavy atom. The summed E-state index contributed by atoms with van der Waals surface area (Å²) in [5, 5.41) is 9.63. The van der Waals surface area contributed by atoms with Crippen molar-refractivity contribution < 1.29 is 8.42 Å². The van der Waals surface area contributed by atoms with Crippen LogP contribution < -0.4 is 10.6 Å². The zero-order chi connectivity index (χ0) is 18.0. The highest BCUT2D eigenvalue weighted by Gasteiger charge is 2.13. The van der Waals surface area contributed by atoms with Gasteiger partial charge in [0.25, 0.3) is 0 Å². The molecule has 7 nitrogen and oxygen atoms in total. The highest BCUT2D eigenvalue weighted by molar-refractivity contribution is 14.0. The fraction of sp³-hybridized carbons (Fsp3) is 0.733. The molecule has 1 heterocycles. The van der Waals surface area contributed by atoms with Gasteiger partial charge in [0.15, 0.2) is 5.96 Å². The van der Waals surface area contributed by atoms with Gasteiger partial charge in [0.1, 0.15) is 0 Å². The highest BCUT2D eigenvalue weighted by Crippen LogP contribution is 2.07. The first-order valence-corrected chi connectivity index (χ1v) is 11.0. The highest BCUT2D eigenvalue weighted by atomic mass is 127. The average molecular weight is 503 g/mol. The summed E-state index contributed by atoms with van der Waals surface area (Å²) >= 11 is 1.66. The monoisotopic (exact) mass is 503 g/mol. The van der Waals surface area contributed by atoms with E-state index in [9.17, 15) is 8.42 Å². The number of nitrogens with zero attached hydrogens (tertiary/aromatic N) is 3. The Balaban J connectivity index is 0.00000576. The van der Waals surface area contributed by atoms with Crippen LogP contribution in [-0.4, -0.2) is 62.6 Å².